The number of aromatic nitrogens is 1. The highest BCUT2D eigenvalue weighted by Crippen LogP contribution is 2.15. The topological polar surface area (TPSA) is 74.4 Å². The number of carbonyl (C=O) groups is 1. The van der Waals surface area contributed by atoms with Crippen molar-refractivity contribution in [1.29, 1.82) is 0 Å². The number of hydrogen-bond donors (Lipinski definition) is 1. The number of rotatable bonds is 5. The Kier molecular flexibility index (Phi) is 4.55. The number of nitrogen functional groups attached to an aromatic ring is 1. The molecule has 2 rings (SSSR count). The van der Waals surface area contributed by atoms with Crippen LogP contribution in [0.5, 0.6) is 5.88 Å². The molecule has 104 valence electrons. The van der Waals surface area contributed by atoms with Crippen LogP contribution in [-0.4, -0.2) is 18.1 Å². The van der Waals surface area contributed by atoms with Gasteiger partial charge in [0.25, 0.3) is 0 Å². The van der Waals surface area contributed by atoms with E-state index in [4.69, 9.17) is 15.2 Å². The molecular formula is C15H16N2O3. The Morgan fingerprint density at radius 1 is 1.30 bits per heavy atom. The molecule has 0 saturated carbocycles. The van der Waals surface area contributed by atoms with Crippen LogP contribution < -0.4 is 10.5 Å². The van der Waals surface area contributed by atoms with Crippen molar-refractivity contribution in [2.75, 3.05) is 12.8 Å². The zero-order valence-corrected chi connectivity index (χ0v) is 11.2. The van der Waals surface area contributed by atoms with Crippen LogP contribution in [0.15, 0.2) is 42.6 Å². The van der Waals surface area contributed by atoms with Crippen molar-refractivity contribution in [3.8, 4) is 5.88 Å². The molecule has 0 radical (unpaired) electrons. The first-order chi connectivity index (χ1) is 9.69. The van der Waals surface area contributed by atoms with Gasteiger partial charge < -0.3 is 15.2 Å². The van der Waals surface area contributed by atoms with Gasteiger partial charge in [0, 0.05) is 11.9 Å². The van der Waals surface area contributed by atoms with Gasteiger partial charge in [-0.2, -0.15) is 0 Å². The summed E-state index contributed by atoms with van der Waals surface area (Å²) in [6, 6.07) is 10.7. The summed E-state index contributed by atoms with van der Waals surface area (Å²) in [5.74, 6) is 0.144. The third kappa shape index (κ3) is 3.71. The lowest BCUT2D eigenvalue weighted by Gasteiger charge is -2.08. The number of hydrogen-bond acceptors (Lipinski definition) is 5. The van der Waals surface area contributed by atoms with Gasteiger partial charge in [0.05, 0.1) is 19.1 Å². The monoisotopic (exact) mass is 272 g/mol. The maximum Gasteiger partial charge on any atom is 0.310 e. The van der Waals surface area contributed by atoms with E-state index in [0.717, 1.165) is 11.1 Å². The summed E-state index contributed by atoms with van der Waals surface area (Å²) in [6.07, 6.45) is 1.81. The normalized spacial score (nSPS) is 10.1. The molecule has 0 spiro atoms. The standard InChI is InChI=1S/C15H16N2O3/c1-19-15-12(5-3-7-17-15)10-20-14(18)9-11-4-2-6-13(16)8-11/h2-8H,9-10,16H2,1H3. The number of pyridine rings is 1. The number of methoxy groups -OCH3 is 1. The molecule has 2 N–H and O–H groups in total. The van der Waals surface area contributed by atoms with E-state index in [0.29, 0.717) is 11.6 Å². The van der Waals surface area contributed by atoms with Crippen molar-refractivity contribution in [2.45, 2.75) is 13.0 Å². The molecule has 5 heteroatoms. The second-order valence-electron chi connectivity index (χ2n) is 4.25. The third-order valence-electron chi connectivity index (χ3n) is 2.73. The number of carbonyl (C=O) groups excluding carboxylic acids is 1. The number of esters is 1. The molecule has 0 aliphatic rings. The average molecular weight is 272 g/mol. The average Bonchev–Trinajstić information content (AvgIpc) is 2.45. The minimum absolute atomic E-state index is 0.137. The molecule has 20 heavy (non-hydrogen) atoms. The van der Waals surface area contributed by atoms with Crippen molar-refractivity contribution in [2.24, 2.45) is 0 Å². The van der Waals surface area contributed by atoms with Gasteiger partial charge in [-0.25, -0.2) is 4.98 Å². The first-order valence-electron chi connectivity index (χ1n) is 6.17. The molecule has 0 unspecified atom stereocenters. The zero-order valence-electron chi connectivity index (χ0n) is 11.2. The molecule has 0 aliphatic carbocycles. The minimum Gasteiger partial charge on any atom is -0.481 e. The van der Waals surface area contributed by atoms with Crippen LogP contribution >= 0.6 is 0 Å². The summed E-state index contributed by atoms with van der Waals surface area (Å²) in [4.78, 5) is 15.8. The fourth-order valence-electron chi connectivity index (χ4n) is 1.80. The lowest BCUT2D eigenvalue weighted by Crippen LogP contribution is -2.09. The van der Waals surface area contributed by atoms with Crippen molar-refractivity contribution in [3.05, 3.63) is 53.7 Å². The molecule has 5 nitrogen and oxygen atoms in total. The van der Waals surface area contributed by atoms with Gasteiger partial charge in [-0.05, 0) is 29.8 Å². The van der Waals surface area contributed by atoms with Gasteiger partial charge in [0.1, 0.15) is 6.61 Å². The predicted molar refractivity (Wildman–Crippen MR) is 75.1 cm³/mol. The Balaban J connectivity index is 1.92. The maximum atomic E-state index is 11.8. The summed E-state index contributed by atoms with van der Waals surface area (Å²) in [7, 11) is 1.53. The van der Waals surface area contributed by atoms with Crippen LogP contribution in [0.2, 0.25) is 0 Å². The molecule has 1 aromatic carbocycles. The van der Waals surface area contributed by atoms with Crippen LogP contribution in [0, 0.1) is 0 Å². The first kappa shape index (κ1) is 13.9. The van der Waals surface area contributed by atoms with Gasteiger partial charge in [0.15, 0.2) is 0 Å². The van der Waals surface area contributed by atoms with Crippen LogP contribution in [0.25, 0.3) is 0 Å². The number of ether oxygens (including phenoxy) is 2. The SMILES string of the molecule is COc1ncccc1COC(=O)Cc1cccc(N)c1. The predicted octanol–water partition coefficient (Wildman–Crippen LogP) is 1.96. The van der Waals surface area contributed by atoms with E-state index in [2.05, 4.69) is 4.98 Å². The van der Waals surface area contributed by atoms with Crippen molar-refractivity contribution in [3.63, 3.8) is 0 Å². The second kappa shape index (κ2) is 6.56. The number of anilines is 1. The largest absolute Gasteiger partial charge is 0.481 e. The van der Waals surface area contributed by atoms with E-state index in [9.17, 15) is 4.79 Å². The van der Waals surface area contributed by atoms with Crippen molar-refractivity contribution in [1.82, 2.24) is 4.98 Å². The van der Waals surface area contributed by atoms with E-state index < -0.39 is 0 Å². The van der Waals surface area contributed by atoms with Crippen LogP contribution in [0.4, 0.5) is 5.69 Å². The summed E-state index contributed by atoms with van der Waals surface area (Å²) >= 11 is 0. The highest BCUT2D eigenvalue weighted by atomic mass is 16.5. The fraction of sp³-hybridized carbons (Fsp3) is 0.200. The Hall–Kier alpha value is -2.56. The summed E-state index contributed by atoms with van der Waals surface area (Å²) < 4.78 is 10.3. The van der Waals surface area contributed by atoms with Gasteiger partial charge in [-0.3, -0.25) is 4.79 Å². The smallest absolute Gasteiger partial charge is 0.310 e. The number of benzene rings is 1. The van der Waals surface area contributed by atoms with Crippen LogP contribution in [0.3, 0.4) is 0 Å². The Labute approximate surface area is 117 Å². The van der Waals surface area contributed by atoms with Crippen molar-refractivity contribution >= 4 is 11.7 Å². The highest BCUT2D eigenvalue weighted by Gasteiger charge is 2.08. The van der Waals surface area contributed by atoms with Gasteiger partial charge in [-0.15, -0.1) is 0 Å². The van der Waals surface area contributed by atoms with E-state index in [1.54, 1.807) is 30.5 Å². The highest BCUT2D eigenvalue weighted by molar-refractivity contribution is 5.73. The molecule has 0 saturated heterocycles. The van der Waals surface area contributed by atoms with Crippen LogP contribution in [-0.2, 0) is 22.6 Å². The fourth-order valence-corrected chi connectivity index (χ4v) is 1.80. The second-order valence-corrected chi connectivity index (χ2v) is 4.25. The molecular weight excluding hydrogens is 256 g/mol. The van der Waals surface area contributed by atoms with Gasteiger partial charge >= 0.3 is 5.97 Å². The Bertz CT molecular complexity index is 599. The lowest BCUT2D eigenvalue weighted by molar-refractivity contribution is -0.144. The molecule has 1 heterocycles. The van der Waals surface area contributed by atoms with Crippen molar-refractivity contribution < 1.29 is 14.3 Å². The maximum absolute atomic E-state index is 11.8. The summed E-state index contributed by atoms with van der Waals surface area (Å²) in [5.41, 5.74) is 7.85. The third-order valence-corrected chi connectivity index (χ3v) is 2.73. The molecule has 0 fully saturated rings. The summed E-state index contributed by atoms with van der Waals surface area (Å²) in [6.45, 7) is 0.137. The molecule has 2 aromatic rings. The lowest BCUT2D eigenvalue weighted by atomic mass is 10.1. The Morgan fingerprint density at radius 2 is 2.15 bits per heavy atom. The summed E-state index contributed by atoms with van der Waals surface area (Å²) in [5, 5.41) is 0. The van der Waals surface area contributed by atoms with E-state index in [1.165, 1.54) is 7.11 Å². The van der Waals surface area contributed by atoms with E-state index >= 15 is 0 Å². The van der Waals surface area contributed by atoms with Gasteiger partial charge in [-0.1, -0.05) is 12.1 Å². The zero-order chi connectivity index (χ0) is 14.4. The molecule has 0 bridgehead atoms. The van der Waals surface area contributed by atoms with Crippen LogP contribution in [0.1, 0.15) is 11.1 Å². The van der Waals surface area contributed by atoms with E-state index in [1.807, 2.05) is 12.1 Å². The number of nitrogens with two attached hydrogens (primary N) is 1. The van der Waals surface area contributed by atoms with E-state index in [-0.39, 0.29) is 19.0 Å². The Morgan fingerprint density at radius 3 is 2.90 bits per heavy atom. The molecule has 1 aromatic heterocycles. The molecule has 0 atom stereocenters. The molecule has 0 aliphatic heterocycles. The minimum atomic E-state index is -0.318. The first-order valence-corrected chi connectivity index (χ1v) is 6.17. The number of nitrogens with zero attached hydrogens (tertiary/aromatic N) is 1. The molecule has 0 amide bonds. The quantitative estimate of drug-likeness (QED) is 0.665. The van der Waals surface area contributed by atoms with Gasteiger partial charge in [0.2, 0.25) is 5.88 Å².